The van der Waals surface area contributed by atoms with Crippen molar-refractivity contribution < 1.29 is 18.0 Å². The van der Waals surface area contributed by atoms with Crippen molar-refractivity contribution in [1.82, 2.24) is 0 Å². The topological polar surface area (TPSA) is 17.1 Å². The Morgan fingerprint density at radius 1 is 1.50 bits per heavy atom. The molecular weight excluding hydrogens is 137 g/mol. The van der Waals surface area contributed by atoms with Gasteiger partial charge in [-0.3, -0.25) is 0 Å². The molecule has 0 heterocycles. The molecule has 0 aromatic rings. The highest BCUT2D eigenvalue weighted by Crippen LogP contribution is 2.11. The maximum atomic E-state index is 11.1. The molecule has 0 aliphatic carbocycles. The summed E-state index contributed by atoms with van der Waals surface area (Å²) in [5.74, 6) is -3.04. The fourth-order valence-electron chi connectivity index (χ4n) is 0.157. The molecule has 0 spiro atoms. The van der Waals surface area contributed by atoms with E-state index in [2.05, 4.69) is 0 Å². The predicted octanol–water partition coefficient (Wildman–Crippen LogP) is 0.0203. The zero-order chi connectivity index (χ0) is 6.62. The maximum Gasteiger partial charge on any atom is 0.359 e. The number of rotatable bonds is 1. The molecule has 0 aliphatic rings. The van der Waals surface area contributed by atoms with Gasteiger partial charge in [-0.25, -0.2) is 4.79 Å². The lowest BCUT2D eigenvalue weighted by molar-refractivity contribution is -0.0457. The molecule has 0 aromatic carbocycles. The lowest BCUT2D eigenvalue weighted by Gasteiger charge is -1.96. The van der Waals surface area contributed by atoms with Crippen LogP contribution in [0.4, 0.5) is 13.2 Å². The highest BCUT2D eigenvalue weighted by atomic mass is 28.2. The lowest BCUT2D eigenvalue weighted by atomic mass is 11.2. The quantitative estimate of drug-likeness (QED) is 0.370. The summed E-state index contributed by atoms with van der Waals surface area (Å²) in [6, 6.07) is 0. The van der Waals surface area contributed by atoms with E-state index in [1.54, 1.807) is 0 Å². The van der Waals surface area contributed by atoms with Gasteiger partial charge in [0.05, 0.1) is 0 Å². The Bertz CT molecular complexity index is 112. The van der Waals surface area contributed by atoms with Crippen LogP contribution < -0.4 is 0 Å². The standard InChI is InChI=1S/C3H3F3OSi/c4-3(5,6)8-2-1-7/h2H,8H2. The van der Waals surface area contributed by atoms with E-state index in [9.17, 15) is 18.0 Å². The summed E-state index contributed by atoms with van der Waals surface area (Å²) in [7, 11) is -2.30. The van der Waals surface area contributed by atoms with Crippen LogP contribution in [-0.4, -0.2) is 21.3 Å². The van der Waals surface area contributed by atoms with Crippen LogP contribution in [0.3, 0.4) is 0 Å². The second-order valence-electron chi connectivity index (χ2n) is 1.14. The summed E-state index contributed by atoms with van der Waals surface area (Å²) >= 11 is 0. The summed E-state index contributed by atoms with van der Waals surface area (Å²) in [5, 5.41) is 0. The highest BCUT2D eigenvalue weighted by Gasteiger charge is 2.25. The van der Waals surface area contributed by atoms with Gasteiger partial charge in [-0.1, -0.05) is 0 Å². The largest absolute Gasteiger partial charge is 0.359 e. The first kappa shape index (κ1) is 7.46. The lowest BCUT2D eigenvalue weighted by Crippen LogP contribution is -2.15. The van der Waals surface area contributed by atoms with Gasteiger partial charge < -0.3 is 0 Å². The molecule has 46 valence electrons. The number of alkyl halides is 3. The van der Waals surface area contributed by atoms with Crippen LogP contribution in [0.5, 0.6) is 0 Å². The monoisotopic (exact) mass is 140 g/mol. The molecule has 0 saturated heterocycles. The maximum absolute atomic E-state index is 11.1. The van der Waals surface area contributed by atoms with Crippen molar-refractivity contribution in [2.24, 2.45) is 0 Å². The molecule has 0 aliphatic heterocycles. The van der Waals surface area contributed by atoms with Gasteiger partial charge in [-0.15, -0.1) is 0 Å². The van der Waals surface area contributed by atoms with E-state index >= 15 is 0 Å². The van der Waals surface area contributed by atoms with Crippen LogP contribution >= 0.6 is 0 Å². The second-order valence-corrected chi connectivity index (χ2v) is 2.76. The fraction of sp³-hybridized carbons (Fsp3) is 0.333. The summed E-state index contributed by atoms with van der Waals surface area (Å²) in [5.41, 5.74) is 0.542. The molecule has 0 unspecified atom stereocenters. The third-order valence-electron chi connectivity index (χ3n) is 0.417. The first-order valence-electron chi connectivity index (χ1n) is 1.82. The van der Waals surface area contributed by atoms with Gasteiger partial charge in [0.15, 0.2) is 9.52 Å². The fourth-order valence-corrected chi connectivity index (χ4v) is 0.472. The SMILES string of the molecule is O=C=C[SiH2]C(F)(F)F. The van der Waals surface area contributed by atoms with E-state index in [1.165, 1.54) is 0 Å². The smallest absolute Gasteiger partial charge is 0.234 e. The molecule has 0 fully saturated rings. The number of hydrogen-bond acceptors (Lipinski definition) is 1. The molecule has 0 atom stereocenters. The molecule has 8 heavy (non-hydrogen) atoms. The van der Waals surface area contributed by atoms with E-state index < -0.39 is 15.3 Å². The average molecular weight is 140 g/mol. The van der Waals surface area contributed by atoms with E-state index in [4.69, 9.17) is 0 Å². The van der Waals surface area contributed by atoms with Crippen LogP contribution in [0.2, 0.25) is 0 Å². The molecule has 0 rings (SSSR count). The van der Waals surface area contributed by atoms with Gasteiger partial charge in [0.25, 0.3) is 0 Å². The zero-order valence-electron chi connectivity index (χ0n) is 3.83. The highest BCUT2D eigenvalue weighted by molar-refractivity contribution is 6.46. The Morgan fingerprint density at radius 2 is 2.00 bits per heavy atom. The van der Waals surface area contributed by atoms with Crippen molar-refractivity contribution in [3.05, 3.63) is 5.70 Å². The Hall–Kier alpha value is -0.543. The Kier molecular flexibility index (Phi) is 2.51. The normalized spacial score (nSPS) is 11.9. The van der Waals surface area contributed by atoms with Gasteiger partial charge in [0.1, 0.15) is 5.94 Å². The summed E-state index contributed by atoms with van der Waals surface area (Å²) < 4.78 is 33.3. The van der Waals surface area contributed by atoms with Crippen LogP contribution in [0.15, 0.2) is 5.70 Å². The van der Waals surface area contributed by atoms with Crippen molar-refractivity contribution in [3.63, 3.8) is 0 Å². The summed E-state index contributed by atoms with van der Waals surface area (Å²) in [6.45, 7) is 0. The van der Waals surface area contributed by atoms with Gasteiger partial charge in [-0.2, -0.15) is 13.2 Å². The molecule has 5 heteroatoms. The van der Waals surface area contributed by atoms with E-state index in [0.717, 1.165) is 5.94 Å². The third-order valence-corrected chi connectivity index (χ3v) is 1.25. The van der Waals surface area contributed by atoms with Crippen molar-refractivity contribution in [2.45, 2.75) is 5.80 Å². The molecule has 0 saturated carbocycles. The first-order valence-corrected chi connectivity index (χ1v) is 3.35. The molecular formula is C3H3F3OSi. The number of carbonyl (C=O) groups excluding carboxylic acids is 1. The van der Waals surface area contributed by atoms with E-state index in [-0.39, 0.29) is 0 Å². The zero-order valence-corrected chi connectivity index (χ0v) is 5.24. The first-order chi connectivity index (χ1) is 3.56. The van der Waals surface area contributed by atoms with Crippen LogP contribution in [-0.2, 0) is 4.79 Å². The number of halogens is 3. The Labute approximate surface area is 46.0 Å². The minimum Gasteiger partial charge on any atom is -0.234 e. The molecule has 1 nitrogen and oxygen atoms in total. The van der Waals surface area contributed by atoms with Gasteiger partial charge in [0, 0.05) is 0 Å². The van der Waals surface area contributed by atoms with Crippen LogP contribution in [0.25, 0.3) is 0 Å². The molecule has 0 radical (unpaired) electrons. The summed E-state index contributed by atoms with van der Waals surface area (Å²) in [4.78, 5) is 9.21. The van der Waals surface area contributed by atoms with Gasteiger partial charge in [-0.05, 0) is 5.70 Å². The third kappa shape index (κ3) is 5.46. The molecule has 0 amide bonds. The Balaban J connectivity index is 3.55. The minimum atomic E-state index is -4.13. The van der Waals surface area contributed by atoms with E-state index in [0.29, 0.717) is 5.70 Å². The van der Waals surface area contributed by atoms with Crippen LogP contribution in [0, 0.1) is 0 Å². The predicted molar refractivity (Wildman–Crippen MR) is 24.9 cm³/mol. The van der Waals surface area contributed by atoms with Gasteiger partial charge in [0.2, 0.25) is 0 Å². The van der Waals surface area contributed by atoms with Crippen molar-refractivity contribution in [2.75, 3.05) is 0 Å². The average Bonchev–Trinajstić information content (AvgIpc) is 1.59. The van der Waals surface area contributed by atoms with E-state index in [1.807, 2.05) is 0 Å². The van der Waals surface area contributed by atoms with Crippen LogP contribution in [0.1, 0.15) is 0 Å². The summed E-state index contributed by atoms with van der Waals surface area (Å²) in [6.07, 6.45) is 0. The van der Waals surface area contributed by atoms with Crippen molar-refractivity contribution in [1.29, 1.82) is 0 Å². The Morgan fingerprint density at radius 3 is 2.12 bits per heavy atom. The van der Waals surface area contributed by atoms with Crippen molar-refractivity contribution in [3.8, 4) is 0 Å². The van der Waals surface area contributed by atoms with Gasteiger partial charge >= 0.3 is 5.80 Å². The van der Waals surface area contributed by atoms with Crippen molar-refractivity contribution >= 4 is 15.5 Å². The second kappa shape index (κ2) is 2.69. The number of hydrogen-bond donors (Lipinski definition) is 0. The minimum absolute atomic E-state index is 0.542. The molecule has 0 N–H and O–H groups in total. The molecule has 0 bridgehead atoms. The molecule has 0 aromatic heterocycles.